The van der Waals surface area contributed by atoms with Crippen molar-refractivity contribution in [1.29, 1.82) is 0 Å². The Labute approximate surface area is 141 Å². The molecule has 0 bridgehead atoms. The number of ether oxygens (including phenoxy) is 2. The van der Waals surface area contributed by atoms with Crippen LogP contribution in [0.25, 0.3) is 16.9 Å². The largest absolute Gasteiger partial charge is 0.468 e. The summed E-state index contributed by atoms with van der Waals surface area (Å²) in [6.07, 6.45) is 1.77. The number of nitrogens with zero attached hydrogens (tertiary/aromatic N) is 5. The Balaban J connectivity index is 2.34. The van der Waals surface area contributed by atoms with Crippen molar-refractivity contribution in [3.8, 4) is 0 Å². The third-order valence-electron chi connectivity index (χ3n) is 4.17. The lowest BCUT2D eigenvalue weighted by molar-refractivity contribution is -0.141. The molecule has 0 aliphatic carbocycles. The second-order valence-electron chi connectivity index (χ2n) is 5.68. The summed E-state index contributed by atoms with van der Waals surface area (Å²) in [6.45, 7) is 2.49. The van der Waals surface area contributed by atoms with Gasteiger partial charge in [0.2, 0.25) is 5.78 Å². The van der Waals surface area contributed by atoms with Crippen LogP contribution in [0, 0.1) is 6.92 Å². The van der Waals surface area contributed by atoms with E-state index in [1.165, 1.54) is 18.7 Å². The van der Waals surface area contributed by atoms with Crippen LogP contribution in [0.2, 0.25) is 0 Å². The fourth-order valence-corrected chi connectivity index (χ4v) is 2.85. The Kier molecular flexibility index (Phi) is 4.21. The molecule has 3 rings (SSSR count). The molecule has 10 nitrogen and oxygen atoms in total. The first-order valence-corrected chi connectivity index (χ1v) is 7.64. The summed E-state index contributed by atoms with van der Waals surface area (Å²) >= 11 is 0. The lowest BCUT2D eigenvalue weighted by Gasteiger charge is -2.06. The van der Waals surface area contributed by atoms with Crippen LogP contribution in [0.4, 0.5) is 0 Å². The van der Waals surface area contributed by atoms with Crippen molar-refractivity contribution < 1.29 is 14.3 Å². The van der Waals surface area contributed by atoms with Gasteiger partial charge in [0, 0.05) is 32.6 Å². The smallest absolute Gasteiger partial charge is 0.333 e. The highest BCUT2D eigenvalue weighted by Crippen LogP contribution is 2.16. The molecule has 0 saturated carbocycles. The van der Waals surface area contributed by atoms with Crippen LogP contribution in [0.5, 0.6) is 0 Å². The lowest BCUT2D eigenvalue weighted by atomic mass is 10.4. The van der Waals surface area contributed by atoms with Gasteiger partial charge in [0.15, 0.2) is 11.2 Å². The molecule has 0 saturated heterocycles. The number of carbonyl (C=O) groups is 1. The zero-order chi connectivity index (χ0) is 18.3. The topological polar surface area (TPSA) is 102 Å². The van der Waals surface area contributed by atoms with E-state index >= 15 is 0 Å². The van der Waals surface area contributed by atoms with E-state index < -0.39 is 23.8 Å². The predicted octanol–water partition coefficient (Wildman–Crippen LogP) is -0.723. The standard InChI is InChI=1S/C15H19N5O5/c1-9-7-19-11-12(16-14(19)18(9)5-6-24-3)17(2)15(23)20(13(11)22)8-10(21)25-4/h7H,5-6,8H2,1-4H3. The zero-order valence-electron chi connectivity index (χ0n) is 14.5. The molecule has 0 atom stereocenters. The van der Waals surface area contributed by atoms with Crippen molar-refractivity contribution >= 4 is 22.9 Å². The number of esters is 1. The SMILES string of the molecule is COCCn1c(C)cn2c3c(=O)n(CC(=O)OC)c(=O)n(C)c3nc12. The van der Waals surface area contributed by atoms with Gasteiger partial charge in [0.05, 0.1) is 13.7 Å². The van der Waals surface area contributed by atoms with Gasteiger partial charge in [-0.3, -0.25) is 18.6 Å². The molecule has 0 amide bonds. The van der Waals surface area contributed by atoms with Crippen LogP contribution in [-0.2, 0) is 34.4 Å². The van der Waals surface area contributed by atoms with E-state index in [1.807, 2.05) is 11.5 Å². The van der Waals surface area contributed by atoms with Crippen LogP contribution >= 0.6 is 0 Å². The van der Waals surface area contributed by atoms with Crippen molar-refractivity contribution in [1.82, 2.24) is 23.1 Å². The van der Waals surface area contributed by atoms with Gasteiger partial charge < -0.3 is 14.0 Å². The van der Waals surface area contributed by atoms with Gasteiger partial charge >= 0.3 is 11.7 Å². The molecule has 0 N–H and O–H groups in total. The number of methoxy groups -OCH3 is 2. The lowest BCUT2D eigenvalue weighted by Crippen LogP contribution is -2.41. The number of carbonyl (C=O) groups excluding carboxylic acids is 1. The van der Waals surface area contributed by atoms with Crippen molar-refractivity contribution in [3.63, 3.8) is 0 Å². The van der Waals surface area contributed by atoms with Crippen LogP contribution < -0.4 is 11.2 Å². The molecule has 3 aromatic heterocycles. The van der Waals surface area contributed by atoms with Crippen molar-refractivity contribution in [3.05, 3.63) is 32.7 Å². The minimum atomic E-state index is -0.673. The number of aryl methyl sites for hydroxylation is 2. The molecule has 0 aliphatic rings. The van der Waals surface area contributed by atoms with Gasteiger partial charge in [0.1, 0.15) is 6.54 Å². The van der Waals surface area contributed by atoms with Crippen LogP contribution in [-0.4, -0.2) is 49.9 Å². The minimum absolute atomic E-state index is 0.236. The molecule has 0 unspecified atom stereocenters. The Morgan fingerprint density at radius 2 is 1.96 bits per heavy atom. The van der Waals surface area contributed by atoms with Gasteiger partial charge in [0.25, 0.3) is 5.56 Å². The minimum Gasteiger partial charge on any atom is -0.468 e. The van der Waals surface area contributed by atoms with E-state index in [0.29, 0.717) is 18.9 Å². The molecular weight excluding hydrogens is 330 g/mol. The van der Waals surface area contributed by atoms with Gasteiger partial charge in [-0.2, -0.15) is 4.98 Å². The summed E-state index contributed by atoms with van der Waals surface area (Å²) in [5, 5.41) is 0. The number of rotatable bonds is 5. The first-order valence-electron chi connectivity index (χ1n) is 7.64. The Morgan fingerprint density at radius 3 is 2.60 bits per heavy atom. The Hall–Kier alpha value is -2.88. The molecule has 0 fully saturated rings. The van der Waals surface area contributed by atoms with E-state index in [4.69, 9.17) is 4.74 Å². The van der Waals surface area contributed by atoms with E-state index in [9.17, 15) is 14.4 Å². The number of aromatic nitrogens is 5. The van der Waals surface area contributed by atoms with Crippen molar-refractivity contribution in [2.45, 2.75) is 20.0 Å². The van der Waals surface area contributed by atoms with E-state index in [-0.39, 0.29) is 11.2 Å². The highest BCUT2D eigenvalue weighted by molar-refractivity contribution is 5.76. The van der Waals surface area contributed by atoms with E-state index in [2.05, 4.69) is 9.72 Å². The quantitative estimate of drug-likeness (QED) is 0.563. The van der Waals surface area contributed by atoms with Crippen molar-refractivity contribution in [2.24, 2.45) is 7.05 Å². The molecule has 25 heavy (non-hydrogen) atoms. The van der Waals surface area contributed by atoms with Gasteiger partial charge in [-0.1, -0.05) is 0 Å². The number of hydrogen-bond donors (Lipinski definition) is 0. The fourth-order valence-electron chi connectivity index (χ4n) is 2.85. The highest BCUT2D eigenvalue weighted by Gasteiger charge is 2.21. The summed E-state index contributed by atoms with van der Waals surface area (Å²) in [7, 11) is 4.32. The number of hydrogen-bond acceptors (Lipinski definition) is 6. The third-order valence-corrected chi connectivity index (χ3v) is 4.17. The van der Waals surface area contributed by atoms with Gasteiger partial charge in [-0.25, -0.2) is 9.36 Å². The van der Waals surface area contributed by atoms with Crippen LogP contribution in [0.3, 0.4) is 0 Å². The average Bonchev–Trinajstić information content (AvgIpc) is 3.09. The third kappa shape index (κ3) is 2.54. The first-order chi connectivity index (χ1) is 11.9. The fraction of sp³-hybridized carbons (Fsp3) is 0.467. The summed E-state index contributed by atoms with van der Waals surface area (Å²) in [4.78, 5) is 41.2. The highest BCUT2D eigenvalue weighted by atomic mass is 16.5. The molecule has 0 aromatic carbocycles. The Morgan fingerprint density at radius 1 is 1.24 bits per heavy atom. The second kappa shape index (κ2) is 6.20. The van der Waals surface area contributed by atoms with Gasteiger partial charge in [-0.15, -0.1) is 0 Å². The molecular formula is C15H19N5O5. The summed E-state index contributed by atoms with van der Waals surface area (Å²) in [6, 6.07) is 0. The maximum atomic E-state index is 12.8. The summed E-state index contributed by atoms with van der Waals surface area (Å²) in [5.74, 6) is -0.138. The van der Waals surface area contributed by atoms with Crippen LogP contribution in [0.15, 0.2) is 15.8 Å². The van der Waals surface area contributed by atoms with E-state index in [0.717, 1.165) is 10.3 Å². The number of fused-ring (bicyclic) bond motifs is 3. The molecule has 134 valence electrons. The van der Waals surface area contributed by atoms with E-state index in [1.54, 1.807) is 17.7 Å². The molecule has 0 aliphatic heterocycles. The maximum Gasteiger partial charge on any atom is 0.333 e. The molecule has 0 spiro atoms. The predicted molar refractivity (Wildman–Crippen MR) is 88.8 cm³/mol. The first kappa shape index (κ1) is 17.0. The molecule has 10 heteroatoms. The van der Waals surface area contributed by atoms with Gasteiger partial charge in [-0.05, 0) is 6.92 Å². The average molecular weight is 349 g/mol. The number of imidazole rings is 2. The maximum absolute atomic E-state index is 12.8. The summed E-state index contributed by atoms with van der Waals surface area (Å²) in [5.41, 5.74) is 0.190. The molecule has 3 aromatic rings. The van der Waals surface area contributed by atoms with Crippen molar-refractivity contribution in [2.75, 3.05) is 20.8 Å². The summed E-state index contributed by atoms with van der Waals surface area (Å²) < 4.78 is 15.3. The monoisotopic (exact) mass is 349 g/mol. The molecule has 0 radical (unpaired) electrons. The normalized spacial score (nSPS) is 11.5. The van der Waals surface area contributed by atoms with Crippen LogP contribution in [0.1, 0.15) is 5.69 Å². The second-order valence-corrected chi connectivity index (χ2v) is 5.68. The Bertz CT molecular complexity index is 1080. The zero-order valence-corrected chi connectivity index (χ0v) is 14.5. The molecule has 3 heterocycles.